The number of rotatable bonds is 3. The molecule has 1 atom stereocenters. The highest BCUT2D eigenvalue weighted by Gasteiger charge is 2.31. The summed E-state index contributed by atoms with van der Waals surface area (Å²) >= 11 is 0. The fourth-order valence-corrected chi connectivity index (χ4v) is 2.92. The standard InChI is InChI=1S/C16H20N4O.2ClH/c1-19-11-14(10-18-19)15-3-2-8-20(15)16(21)13-6-4-12(9-17)5-7-13;;/h4-7,10-11,15H,2-3,8-9,17H2,1H3;2*1H. The van der Waals surface area contributed by atoms with Crippen LogP contribution in [-0.2, 0) is 13.6 Å². The summed E-state index contributed by atoms with van der Waals surface area (Å²) in [4.78, 5) is 14.7. The second-order valence-corrected chi connectivity index (χ2v) is 5.50. The van der Waals surface area contributed by atoms with Gasteiger partial charge in [0, 0.05) is 37.5 Å². The van der Waals surface area contributed by atoms with Gasteiger partial charge in [-0.3, -0.25) is 9.48 Å². The molecule has 0 aliphatic carbocycles. The maximum Gasteiger partial charge on any atom is 0.254 e. The number of aryl methyl sites for hydroxylation is 1. The van der Waals surface area contributed by atoms with Crippen molar-refractivity contribution >= 4 is 30.7 Å². The van der Waals surface area contributed by atoms with Crippen LogP contribution >= 0.6 is 24.8 Å². The van der Waals surface area contributed by atoms with Gasteiger partial charge in [-0.1, -0.05) is 12.1 Å². The lowest BCUT2D eigenvalue weighted by atomic mass is 10.1. The van der Waals surface area contributed by atoms with Crippen LogP contribution < -0.4 is 5.73 Å². The molecule has 3 rings (SSSR count). The van der Waals surface area contributed by atoms with Gasteiger partial charge in [-0.15, -0.1) is 24.8 Å². The molecular weight excluding hydrogens is 335 g/mol. The van der Waals surface area contributed by atoms with E-state index in [9.17, 15) is 4.79 Å². The van der Waals surface area contributed by atoms with Gasteiger partial charge in [0.1, 0.15) is 0 Å². The van der Waals surface area contributed by atoms with E-state index in [2.05, 4.69) is 5.10 Å². The van der Waals surface area contributed by atoms with Crippen LogP contribution in [0.3, 0.4) is 0 Å². The topological polar surface area (TPSA) is 64.2 Å². The van der Waals surface area contributed by atoms with E-state index in [0.717, 1.165) is 36.1 Å². The van der Waals surface area contributed by atoms with E-state index in [-0.39, 0.29) is 36.8 Å². The molecule has 2 heterocycles. The fraction of sp³-hybridized carbons (Fsp3) is 0.375. The molecule has 0 radical (unpaired) electrons. The molecule has 5 nitrogen and oxygen atoms in total. The number of aromatic nitrogens is 2. The number of carbonyl (C=O) groups is 1. The van der Waals surface area contributed by atoms with Crippen LogP contribution in [0.1, 0.15) is 40.4 Å². The number of benzene rings is 1. The molecule has 1 fully saturated rings. The molecule has 23 heavy (non-hydrogen) atoms. The average Bonchev–Trinajstić information content (AvgIpc) is 3.15. The number of halogens is 2. The van der Waals surface area contributed by atoms with Gasteiger partial charge in [0.2, 0.25) is 0 Å². The van der Waals surface area contributed by atoms with Crippen LogP contribution in [0.4, 0.5) is 0 Å². The molecule has 126 valence electrons. The van der Waals surface area contributed by atoms with E-state index >= 15 is 0 Å². The van der Waals surface area contributed by atoms with E-state index in [1.54, 1.807) is 4.68 Å². The summed E-state index contributed by atoms with van der Waals surface area (Å²) in [5.74, 6) is 0.0879. The van der Waals surface area contributed by atoms with E-state index in [0.29, 0.717) is 6.54 Å². The van der Waals surface area contributed by atoms with Gasteiger partial charge >= 0.3 is 0 Å². The molecule has 2 aromatic rings. The molecule has 0 saturated carbocycles. The molecule has 7 heteroatoms. The van der Waals surface area contributed by atoms with Gasteiger partial charge in [-0.05, 0) is 30.5 Å². The van der Waals surface area contributed by atoms with Crippen LogP contribution in [0, 0.1) is 0 Å². The predicted octanol–water partition coefficient (Wildman–Crippen LogP) is 2.70. The summed E-state index contributed by atoms with van der Waals surface area (Å²) < 4.78 is 1.78. The summed E-state index contributed by atoms with van der Waals surface area (Å²) in [5.41, 5.74) is 8.47. The minimum absolute atomic E-state index is 0. The first kappa shape index (κ1) is 19.5. The number of likely N-dealkylation sites (tertiary alicyclic amines) is 1. The molecule has 0 spiro atoms. The zero-order valence-corrected chi connectivity index (χ0v) is 14.6. The molecular formula is C16H22Cl2N4O. The maximum atomic E-state index is 12.7. The zero-order chi connectivity index (χ0) is 14.8. The largest absolute Gasteiger partial charge is 0.331 e. The Morgan fingerprint density at radius 3 is 2.57 bits per heavy atom. The van der Waals surface area contributed by atoms with Crippen LogP contribution in [-0.4, -0.2) is 27.1 Å². The number of nitrogens with two attached hydrogens (primary N) is 1. The Hall–Kier alpha value is -1.56. The highest BCUT2D eigenvalue weighted by atomic mass is 35.5. The lowest BCUT2D eigenvalue weighted by Gasteiger charge is -2.24. The van der Waals surface area contributed by atoms with Gasteiger partial charge in [0.05, 0.1) is 12.2 Å². The molecule has 1 unspecified atom stereocenters. The van der Waals surface area contributed by atoms with Crippen LogP contribution in [0.15, 0.2) is 36.7 Å². The van der Waals surface area contributed by atoms with Crippen molar-refractivity contribution in [2.45, 2.75) is 25.4 Å². The van der Waals surface area contributed by atoms with Crippen LogP contribution in [0.25, 0.3) is 0 Å². The first-order valence-corrected chi connectivity index (χ1v) is 7.27. The molecule has 1 aromatic carbocycles. The first-order valence-electron chi connectivity index (χ1n) is 7.27. The second-order valence-electron chi connectivity index (χ2n) is 5.50. The molecule has 1 aliphatic rings. The summed E-state index contributed by atoms with van der Waals surface area (Å²) in [6, 6.07) is 7.71. The third-order valence-electron chi connectivity index (χ3n) is 4.06. The molecule has 1 amide bonds. The van der Waals surface area contributed by atoms with Crippen molar-refractivity contribution < 1.29 is 4.79 Å². The van der Waals surface area contributed by atoms with Crippen molar-refractivity contribution in [3.05, 3.63) is 53.3 Å². The van der Waals surface area contributed by atoms with Crippen LogP contribution in [0.2, 0.25) is 0 Å². The third kappa shape index (κ3) is 4.05. The summed E-state index contributed by atoms with van der Waals surface area (Å²) in [6.07, 6.45) is 5.88. The first-order chi connectivity index (χ1) is 10.2. The summed E-state index contributed by atoms with van der Waals surface area (Å²) in [5, 5.41) is 4.22. The lowest BCUT2D eigenvalue weighted by Crippen LogP contribution is -2.30. The number of amides is 1. The monoisotopic (exact) mass is 356 g/mol. The minimum atomic E-state index is 0. The molecule has 1 aliphatic heterocycles. The van der Waals surface area contributed by atoms with Crippen molar-refractivity contribution in [3.63, 3.8) is 0 Å². The van der Waals surface area contributed by atoms with Gasteiger partial charge in [0.25, 0.3) is 5.91 Å². The maximum absolute atomic E-state index is 12.7. The third-order valence-corrected chi connectivity index (χ3v) is 4.06. The van der Waals surface area contributed by atoms with Crippen molar-refractivity contribution in [1.82, 2.24) is 14.7 Å². The Morgan fingerprint density at radius 2 is 2.00 bits per heavy atom. The minimum Gasteiger partial charge on any atom is -0.331 e. The highest BCUT2D eigenvalue weighted by molar-refractivity contribution is 5.94. The van der Waals surface area contributed by atoms with E-state index in [1.165, 1.54) is 0 Å². The summed E-state index contributed by atoms with van der Waals surface area (Å²) in [6.45, 7) is 1.30. The van der Waals surface area contributed by atoms with Gasteiger partial charge < -0.3 is 10.6 Å². The number of nitrogens with zero attached hydrogens (tertiary/aromatic N) is 3. The Bertz CT molecular complexity index is 642. The van der Waals surface area contributed by atoms with Gasteiger partial charge in [0.15, 0.2) is 0 Å². The normalized spacial score (nSPS) is 16.6. The van der Waals surface area contributed by atoms with Crippen molar-refractivity contribution in [1.29, 1.82) is 0 Å². The Labute approximate surface area is 148 Å². The highest BCUT2D eigenvalue weighted by Crippen LogP contribution is 2.32. The average molecular weight is 357 g/mol. The van der Waals surface area contributed by atoms with E-state index < -0.39 is 0 Å². The van der Waals surface area contributed by atoms with Crippen molar-refractivity contribution in [2.75, 3.05) is 6.54 Å². The molecule has 0 bridgehead atoms. The molecule has 2 N–H and O–H groups in total. The smallest absolute Gasteiger partial charge is 0.254 e. The zero-order valence-electron chi connectivity index (χ0n) is 13.0. The SMILES string of the molecule is Cl.Cl.Cn1cc(C2CCCN2C(=O)c2ccc(CN)cc2)cn1. The lowest BCUT2D eigenvalue weighted by molar-refractivity contribution is 0.0735. The second kappa shape index (κ2) is 8.34. The van der Waals surface area contributed by atoms with E-state index in [4.69, 9.17) is 5.73 Å². The van der Waals surface area contributed by atoms with Crippen LogP contribution in [0.5, 0.6) is 0 Å². The predicted molar refractivity (Wildman–Crippen MR) is 95.0 cm³/mol. The van der Waals surface area contributed by atoms with Crippen molar-refractivity contribution in [2.24, 2.45) is 12.8 Å². The van der Waals surface area contributed by atoms with Gasteiger partial charge in [-0.2, -0.15) is 5.10 Å². The number of hydrogen-bond acceptors (Lipinski definition) is 3. The quantitative estimate of drug-likeness (QED) is 0.919. The Balaban J connectivity index is 0.00000132. The summed E-state index contributed by atoms with van der Waals surface area (Å²) in [7, 11) is 1.90. The van der Waals surface area contributed by atoms with Gasteiger partial charge in [-0.25, -0.2) is 0 Å². The van der Waals surface area contributed by atoms with E-state index in [1.807, 2.05) is 48.6 Å². The Morgan fingerprint density at radius 1 is 1.30 bits per heavy atom. The number of hydrogen-bond donors (Lipinski definition) is 1. The Kier molecular flexibility index (Phi) is 7.06. The fourth-order valence-electron chi connectivity index (χ4n) is 2.92. The van der Waals surface area contributed by atoms with Crippen molar-refractivity contribution in [3.8, 4) is 0 Å². The molecule has 1 saturated heterocycles. The number of carbonyl (C=O) groups excluding carboxylic acids is 1. The molecule has 1 aromatic heterocycles.